The van der Waals surface area contributed by atoms with E-state index < -0.39 is 6.09 Å². The molecule has 3 rings (SSSR count). The van der Waals surface area contributed by atoms with Gasteiger partial charge in [0.2, 0.25) is 0 Å². The summed E-state index contributed by atoms with van der Waals surface area (Å²) in [6.07, 6.45) is 7.12. The van der Waals surface area contributed by atoms with Gasteiger partial charge < -0.3 is 19.4 Å². The van der Waals surface area contributed by atoms with Gasteiger partial charge in [-0.15, -0.1) is 0 Å². The molecule has 1 amide bonds. The molecule has 5 nitrogen and oxygen atoms in total. The summed E-state index contributed by atoms with van der Waals surface area (Å²) in [5.41, 5.74) is 1.14. The number of rotatable bonds is 4. The Morgan fingerprint density at radius 3 is 2.20 bits per heavy atom. The van der Waals surface area contributed by atoms with Gasteiger partial charge in [0.05, 0.1) is 17.2 Å². The highest BCUT2D eigenvalue weighted by atomic mass is 16.7. The fourth-order valence-electron chi connectivity index (χ4n) is 2.60. The minimum absolute atomic E-state index is 0.0850. The van der Waals surface area contributed by atoms with Crippen molar-refractivity contribution in [1.82, 2.24) is 5.32 Å². The second-order valence-corrected chi connectivity index (χ2v) is 7.35. The van der Waals surface area contributed by atoms with Gasteiger partial charge in [-0.1, -0.05) is 48.6 Å². The van der Waals surface area contributed by atoms with Crippen LogP contribution in [0.4, 0.5) is 4.79 Å². The van der Waals surface area contributed by atoms with Crippen molar-refractivity contribution in [3.05, 3.63) is 54.1 Å². The van der Waals surface area contributed by atoms with Crippen LogP contribution in [0.5, 0.6) is 0 Å². The third-order valence-electron chi connectivity index (χ3n) is 4.91. The third-order valence-corrected chi connectivity index (χ3v) is 4.91. The maximum absolute atomic E-state index is 11.8. The predicted molar refractivity (Wildman–Crippen MR) is 97.5 cm³/mol. The highest BCUT2D eigenvalue weighted by Gasteiger charge is 2.51. The Hall–Kier alpha value is -2.05. The van der Waals surface area contributed by atoms with E-state index in [4.69, 9.17) is 14.0 Å². The first-order valence-electron chi connectivity index (χ1n) is 8.50. The lowest BCUT2D eigenvalue weighted by Crippen LogP contribution is -2.41. The van der Waals surface area contributed by atoms with E-state index in [1.807, 2.05) is 76.3 Å². The van der Waals surface area contributed by atoms with E-state index in [1.165, 1.54) is 0 Å². The molecule has 1 aromatic carbocycles. The summed E-state index contributed by atoms with van der Waals surface area (Å²) in [6.45, 7) is 8.34. The van der Waals surface area contributed by atoms with Crippen molar-refractivity contribution < 1.29 is 18.8 Å². The van der Waals surface area contributed by atoms with Crippen LogP contribution in [-0.2, 0) is 20.7 Å². The van der Waals surface area contributed by atoms with Crippen molar-refractivity contribution in [2.45, 2.75) is 51.5 Å². The van der Waals surface area contributed by atoms with Gasteiger partial charge in [0.1, 0.15) is 6.61 Å². The average molecular weight is 341 g/mol. The molecule has 6 heteroatoms. The van der Waals surface area contributed by atoms with Gasteiger partial charge in [-0.2, -0.15) is 0 Å². The maximum Gasteiger partial charge on any atom is 0.494 e. The molecular weight excluding hydrogens is 317 g/mol. The Labute approximate surface area is 149 Å². The molecule has 1 N–H and O–H groups in total. The molecule has 1 heterocycles. The van der Waals surface area contributed by atoms with Gasteiger partial charge in [0.15, 0.2) is 0 Å². The molecule has 0 atom stereocenters. The van der Waals surface area contributed by atoms with Gasteiger partial charge in [0.25, 0.3) is 0 Å². The number of amides is 1. The highest BCUT2D eigenvalue weighted by molar-refractivity contribution is 6.62. The minimum atomic E-state index is -0.434. The minimum Gasteiger partial charge on any atom is -0.445 e. The lowest BCUT2D eigenvalue weighted by Gasteiger charge is -2.32. The lowest BCUT2D eigenvalue weighted by molar-refractivity contribution is 0.00578. The fraction of sp³-hybridized carbons (Fsp3) is 0.421. The summed E-state index contributed by atoms with van der Waals surface area (Å²) in [5, 5.41) is 2.75. The zero-order valence-electron chi connectivity index (χ0n) is 15.1. The number of carbonyl (C=O) groups is 1. The van der Waals surface area contributed by atoms with E-state index >= 15 is 0 Å². The monoisotopic (exact) mass is 341 g/mol. The van der Waals surface area contributed by atoms with Crippen molar-refractivity contribution in [2.75, 3.05) is 0 Å². The van der Waals surface area contributed by atoms with Crippen molar-refractivity contribution in [3.8, 4) is 0 Å². The fourth-order valence-corrected chi connectivity index (χ4v) is 2.60. The Kier molecular flexibility index (Phi) is 4.76. The third kappa shape index (κ3) is 3.97. The summed E-state index contributed by atoms with van der Waals surface area (Å²) in [7, 11) is -0.385. The first kappa shape index (κ1) is 17.8. The number of hydrogen-bond acceptors (Lipinski definition) is 4. The zero-order valence-corrected chi connectivity index (χ0v) is 15.1. The molecule has 1 aliphatic heterocycles. The van der Waals surface area contributed by atoms with Crippen LogP contribution in [0.2, 0.25) is 0 Å². The molecule has 0 saturated carbocycles. The van der Waals surface area contributed by atoms with Crippen LogP contribution in [0, 0.1) is 0 Å². The van der Waals surface area contributed by atoms with Crippen LogP contribution in [0.1, 0.15) is 33.3 Å². The molecule has 1 fully saturated rings. The molecule has 0 bridgehead atoms. The number of benzene rings is 1. The molecular formula is C19H24BNO4. The molecule has 132 valence electrons. The Balaban J connectivity index is 1.53. The topological polar surface area (TPSA) is 56.8 Å². The van der Waals surface area contributed by atoms with E-state index in [2.05, 4.69) is 5.32 Å². The smallest absolute Gasteiger partial charge is 0.445 e. The molecule has 0 unspecified atom stereocenters. The average Bonchev–Trinajstić information content (AvgIpc) is 3.12. The number of carbonyl (C=O) groups excluding carboxylic acids is 1. The van der Waals surface area contributed by atoms with E-state index in [-0.39, 0.29) is 31.0 Å². The summed E-state index contributed by atoms with van der Waals surface area (Å²) in [4.78, 5) is 11.8. The van der Waals surface area contributed by atoms with E-state index in [1.54, 1.807) is 0 Å². The SMILES string of the molecule is CC1(C)OB(c2ccc(COC(=O)NC3C=CC=C3)cc2)OC1(C)C. The Bertz CT molecular complexity index is 666. The number of allylic oxidation sites excluding steroid dienone is 2. The van der Waals surface area contributed by atoms with Gasteiger partial charge in [-0.3, -0.25) is 0 Å². The summed E-state index contributed by atoms with van der Waals surface area (Å²) >= 11 is 0. The number of ether oxygens (including phenoxy) is 1. The van der Waals surface area contributed by atoms with Crippen molar-refractivity contribution in [1.29, 1.82) is 0 Å². The van der Waals surface area contributed by atoms with E-state index in [0.29, 0.717) is 0 Å². The molecule has 0 aromatic heterocycles. The van der Waals surface area contributed by atoms with Gasteiger partial charge in [-0.05, 0) is 38.7 Å². The van der Waals surface area contributed by atoms with Crippen LogP contribution < -0.4 is 10.8 Å². The molecule has 1 aliphatic carbocycles. The van der Waals surface area contributed by atoms with Crippen LogP contribution in [-0.4, -0.2) is 30.5 Å². The second kappa shape index (κ2) is 6.69. The molecule has 25 heavy (non-hydrogen) atoms. The molecule has 1 aromatic rings. The molecule has 2 aliphatic rings. The van der Waals surface area contributed by atoms with Gasteiger partial charge >= 0.3 is 13.2 Å². The maximum atomic E-state index is 11.8. The Morgan fingerprint density at radius 2 is 1.64 bits per heavy atom. The second-order valence-electron chi connectivity index (χ2n) is 7.35. The summed E-state index contributed by atoms with van der Waals surface area (Å²) in [6, 6.07) is 7.65. The summed E-state index contributed by atoms with van der Waals surface area (Å²) < 4.78 is 17.3. The standard InChI is InChI=1S/C19H24BNO4/c1-18(2)19(3,4)25-20(24-18)15-11-9-14(10-12-15)13-23-17(22)21-16-7-5-6-8-16/h5-12,16H,13H2,1-4H3,(H,21,22). The van der Waals surface area contributed by atoms with E-state index in [9.17, 15) is 4.79 Å². The lowest BCUT2D eigenvalue weighted by atomic mass is 9.79. The first-order chi connectivity index (χ1) is 11.8. The van der Waals surface area contributed by atoms with E-state index in [0.717, 1.165) is 11.0 Å². The van der Waals surface area contributed by atoms with Crippen molar-refractivity contribution in [3.63, 3.8) is 0 Å². The van der Waals surface area contributed by atoms with Gasteiger partial charge in [-0.25, -0.2) is 4.79 Å². The zero-order chi connectivity index (χ0) is 18.1. The van der Waals surface area contributed by atoms with Gasteiger partial charge in [0, 0.05) is 0 Å². The molecule has 0 spiro atoms. The number of nitrogens with one attached hydrogen (secondary N) is 1. The Morgan fingerprint density at radius 1 is 1.08 bits per heavy atom. The molecule has 1 saturated heterocycles. The highest BCUT2D eigenvalue weighted by Crippen LogP contribution is 2.36. The predicted octanol–water partition coefficient (Wildman–Crippen LogP) is 2.71. The number of alkyl carbamates (subject to hydrolysis) is 1. The molecule has 0 radical (unpaired) electrons. The normalized spacial score (nSPS) is 20.9. The largest absolute Gasteiger partial charge is 0.494 e. The van der Waals surface area contributed by atoms with Crippen LogP contribution in [0.15, 0.2) is 48.6 Å². The quantitative estimate of drug-likeness (QED) is 0.856. The van der Waals surface area contributed by atoms with Crippen molar-refractivity contribution in [2.24, 2.45) is 0 Å². The van der Waals surface area contributed by atoms with Crippen LogP contribution in [0.25, 0.3) is 0 Å². The van der Waals surface area contributed by atoms with Crippen molar-refractivity contribution >= 4 is 18.7 Å². The number of hydrogen-bond donors (Lipinski definition) is 1. The first-order valence-corrected chi connectivity index (χ1v) is 8.50. The summed E-state index contributed by atoms with van der Waals surface area (Å²) in [5.74, 6) is 0. The van der Waals surface area contributed by atoms with Crippen LogP contribution >= 0.6 is 0 Å². The van der Waals surface area contributed by atoms with Crippen LogP contribution in [0.3, 0.4) is 0 Å².